The molecule has 0 amide bonds. The molecule has 0 fully saturated rings. The Balaban J connectivity index is 2.21. The van der Waals surface area contributed by atoms with E-state index >= 15 is 0 Å². The molecular weight excluding hydrogens is 332 g/mol. The van der Waals surface area contributed by atoms with E-state index in [-0.39, 0.29) is 6.42 Å². The standard InChI is InChI=1S/C25H34O2/c1-3-11-24(22(4-2)18-20-12-7-5-8-13-20)23(16-17-25(26)27)19-21-14-9-6-10-15-21/h5-10,12-15,22-24H,3-4,11,16-19H2,1-2H3,(H,26,27). The molecule has 0 aliphatic heterocycles. The predicted octanol–water partition coefficient (Wildman–Crippen LogP) is 6.40. The van der Waals surface area contributed by atoms with Crippen molar-refractivity contribution in [2.45, 2.75) is 58.8 Å². The zero-order chi connectivity index (χ0) is 19.5. The Kier molecular flexibility index (Phi) is 9.10. The maximum atomic E-state index is 11.3. The summed E-state index contributed by atoms with van der Waals surface area (Å²) in [5, 5.41) is 9.27. The second kappa shape index (κ2) is 11.6. The number of aliphatic carboxylic acids is 1. The molecular formula is C25H34O2. The summed E-state index contributed by atoms with van der Waals surface area (Å²) in [5.74, 6) is 0.881. The number of carboxylic acids is 1. The quantitative estimate of drug-likeness (QED) is 0.472. The average molecular weight is 367 g/mol. The highest BCUT2D eigenvalue weighted by Gasteiger charge is 2.28. The summed E-state index contributed by atoms with van der Waals surface area (Å²) in [6, 6.07) is 21.3. The van der Waals surface area contributed by atoms with Gasteiger partial charge in [0.25, 0.3) is 0 Å². The second-order valence-corrected chi connectivity index (χ2v) is 7.69. The number of hydrogen-bond acceptors (Lipinski definition) is 1. The van der Waals surface area contributed by atoms with Gasteiger partial charge in [-0.3, -0.25) is 4.79 Å². The fourth-order valence-corrected chi connectivity index (χ4v) is 4.40. The zero-order valence-electron chi connectivity index (χ0n) is 16.8. The van der Waals surface area contributed by atoms with Crippen molar-refractivity contribution in [1.82, 2.24) is 0 Å². The predicted molar refractivity (Wildman–Crippen MR) is 113 cm³/mol. The Labute approximate surface area is 164 Å². The third-order valence-corrected chi connectivity index (χ3v) is 5.77. The van der Waals surface area contributed by atoms with Gasteiger partial charge in [0.1, 0.15) is 0 Å². The normalized spacial score (nSPS) is 14.4. The summed E-state index contributed by atoms with van der Waals surface area (Å²) < 4.78 is 0. The van der Waals surface area contributed by atoms with E-state index < -0.39 is 5.97 Å². The van der Waals surface area contributed by atoms with Crippen molar-refractivity contribution in [1.29, 1.82) is 0 Å². The Morgan fingerprint density at radius 2 is 1.33 bits per heavy atom. The molecule has 27 heavy (non-hydrogen) atoms. The number of carbonyl (C=O) groups is 1. The van der Waals surface area contributed by atoms with Gasteiger partial charge in [-0.2, -0.15) is 0 Å². The lowest BCUT2D eigenvalue weighted by atomic mass is 9.71. The van der Waals surface area contributed by atoms with Crippen LogP contribution >= 0.6 is 0 Å². The first-order chi connectivity index (χ1) is 13.1. The van der Waals surface area contributed by atoms with Crippen molar-refractivity contribution >= 4 is 5.97 Å². The first-order valence-electron chi connectivity index (χ1n) is 10.4. The number of benzene rings is 2. The summed E-state index contributed by atoms with van der Waals surface area (Å²) in [5.41, 5.74) is 2.71. The Bertz CT molecular complexity index is 651. The molecule has 0 radical (unpaired) electrons. The molecule has 3 unspecified atom stereocenters. The molecule has 146 valence electrons. The van der Waals surface area contributed by atoms with Crippen LogP contribution in [0.25, 0.3) is 0 Å². The molecule has 2 aromatic carbocycles. The van der Waals surface area contributed by atoms with Crippen LogP contribution in [-0.4, -0.2) is 11.1 Å². The van der Waals surface area contributed by atoms with Crippen LogP contribution in [0.2, 0.25) is 0 Å². The average Bonchev–Trinajstić information content (AvgIpc) is 2.69. The minimum absolute atomic E-state index is 0.263. The van der Waals surface area contributed by atoms with Gasteiger partial charge in [-0.1, -0.05) is 93.8 Å². The molecule has 3 atom stereocenters. The van der Waals surface area contributed by atoms with Gasteiger partial charge < -0.3 is 5.11 Å². The lowest BCUT2D eigenvalue weighted by Gasteiger charge is -2.34. The number of rotatable bonds is 12. The molecule has 0 aliphatic carbocycles. The number of carboxylic acid groups (broad SMARTS) is 1. The van der Waals surface area contributed by atoms with Gasteiger partial charge in [-0.15, -0.1) is 0 Å². The van der Waals surface area contributed by atoms with Crippen LogP contribution in [0.15, 0.2) is 60.7 Å². The molecule has 0 saturated carbocycles. The molecule has 0 bridgehead atoms. The molecule has 0 saturated heterocycles. The van der Waals surface area contributed by atoms with E-state index in [0.29, 0.717) is 17.8 Å². The summed E-state index contributed by atoms with van der Waals surface area (Å²) in [6.45, 7) is 4.53. The lowest BCUT2D eigenvalue weighted by Crippen LogP contribution is -2.27. The van der Waals surface area contributed by atoms with Crippen LogP contribution in [0.5, 0.6) is 0 Å². The third-order valence-electron chi connectivity index (χ3n) is 5.77. The van der Waals surface area contributed by atoms with Crippen LogP contribution in [0, 0.1) is 17.8 Å². The van der Waals surface area contributed by atoms with Crippen LogP contribution < -0.4 is 0 Å². The van der Waals surface area contributed by atoms with Gasteiger partial charge in [-0.05, 0) is 48.1 Å². The minimum atomic E-state index is -0.681. The molecule has 2 heteroatoms. The van der Waals surface area contributed by atoms with Crippen molar-refractivity contribution in [3.63, 3.8) is 0 Å². The van der Waals surface area contributed by atoms with Gasteiger partial charge in [0, 0.05) is 6.42 Å². The monoisotopic (exact) mass is 366 g/mol. The smallest absolute Gasteiger partial charge is 0.303 e. The van der Waals surface area contributed by atoms with E-state index in [1.165, 1.54) is 17.5 Å². The van der Waals surface area contributed by atoms with E-state index in [4.69, 9.17) is 0 Å². The Morgan fingerprint density at radius 1 is 0.815 bits per heavy atom. The molecule has 2 aromatic rings. The summed E-state index contributed by atoms with van der Waals surface area (Å²) in [6.07, 6.45) is 6.54. The third kappa shape index (κ3) is 7.21. The summed E-state index contributed by atoms with van der Waals surface area (Å²) in [7, 11) is 0. The van der Waals surface area contributed by atoms with Gasteiger partial charge in [0.05, 0.1) is 0 Å². The SMILES string of the molecule is CCCC(C(CC)Cc1ccccc1)C(CCC(=O)O)Cc1ccccc1. The fourth-order valence-electron chi connectivity index (χ4n) is 4.40. The van der Waals surface area contributed by atoms with E-state index in [0.717, 1.165) is 32.1 Å². The maximum absolute atomic E-state index is 11.3. The van der Waals surface area contributed by atoms with Crippen LogP contribution in [0.3, 0.4) is 0 Å². The minimum Gasteiger partial charge on any atom is -0.481 e. The molecule has 0 aliphatic rings. The van der Waals surface area contributed by atoms with Crippen molar-refractivity contribution in [3.05, 3.63) is 71.8 Å². The topological polar surface area (TPSA) is 37.3 Å². The molecule has 0 aromatic heterocycles. The van der Waals surface area contributed by atoms with Crippen LogP contribution in [-0.2, 0) is 17.6 Å². The van der Waals surface area contributed by atoms with E-state index in [1.807, 2.05) is 6.07 Å². The highest BCUT2D eigenvalue weighted by molar-refractivity contribution is 5.66. The zero-order valence-corrected chi connectivity index (χ0v) is 16.8. The van der Waals surface area contributed by atoms with Crippen molar-refractivity contribution in [2.24, 2.45) is 17.8 Å². The van der Waals surface area contributed by atoms with Gasteiger partial charge in [-0.25, -0.2) is 0 Å². The van der Waals surface area contributed by atoms with Gasteiger partial charge in [0.2, 0.25) is 0 Å². The molecule has 0 heterocycles. The Morgan fingerprint density at radius 3 is 1.78 bits per heavy atom. The molecule has 2 nitrogen and oxygen atoms in total. The van der Waals surface area contributed by atoms with Crippen molar-refractivity contribution in [3.8, 4) is 0 Å². The lowest BCUT2D eigenvalue weighted by molar-refractivity contribution is -0.137. The van der Waals surface area contributed by atoms with Crippen molar-refractivity contribution < 1.29 is 9.90 Å². The van der Waals surface area contributed by atoms with Gasteiger partial charge in [0.15, 0.2) is 0 Å². The summed E-state index contributed by atoms with van der Waals surface area (Å²) >= 11 is 0. The van der Waals surface area contributed by atoms with Crippen molar-refractivity contribution in [2.75, 3.05) is 0 Å². The highest BCUT2D eigenvalue weighted by atomic mass is 16.4. The highest BCUT2D eigenvalue weighted by Crippen LogP contribution is 2.35. The molecule has 1 N–H and O–H groups in total. The van der Waals surface area contributed by atoms with Crippen LogP contribution in [0.1, 0.15) is 57.1 Å². The fraction of sp³-hybridized carbons (Fsp3) is 0.480. The molecule has 0 spiro atoms. The van der Waals surface area contributed by atoms with Crippen LogP contribution in [0.4, 0.5) is 0 Å². The summed E-state index contributed by atoms with van der Waals surface area (Å²) in [4.78, 5) is 11.3. The first-order valence-corrected chi connectivity index (χ1v) is 10.4. The number of hydrogen-bond donors (Lipinski definition) is 1. The largest absolute Gasteiger partial charge is 0.481 e. The second-order valence-electron chi connectivity index (χ2n) is 7.69. The Hall–Kier alpha value is -2.09. The van der Waals surface area contributed by atoms with E-state index in [9.17, 15) is 9.90 Å². The van der Waals surface area contributed by atoms with E-state index in [2.05, 4.69) is 68.4 Å². The maximum Gasteiger partial charge on any atom is 0.303 e. The van der Waals surface area contributed by atoms with Gasteiger partial charge >= 0.3 is 5.97 Å². The first kappa shape index (κ1) is 21.2. The van der Waals surface area contributed by atoms with E-state index in [1.54, 1.807) is 0 Å². The molecule has 2 rings (SSSR count).